The van der Waals surface area contributed by atoms with Gasteiger partial charge in [-0.3, -0.25) is 19.2 Å². The number of carbonyl (C=O) groups is 3. The topological polar surface area (TPSA) is 87.7 Å². The fourth-order valence-corrected chi connectivity index (χ4v) is 2.94. The highest BCUT2D eigenvalue weighted by Crippen LogP contribution is 2.35. The first-order valence-corrected chi connectivity index (χ1v) is 9.76. The number of anilines is 2. The predicted molar refractivity (Wildman–Crippen MR) is 109 cm³/mol. The van der Waals surface area contributed by atoms with Gasteiger partial charge in [0.1, 0.15) is 11.9 Å². The molecule has 7 nitrogen and oxygen atoms in total. The van der Waals surface area contributed by atoms with Gasteiger partial charge in [-0.05, 0) is 39.3 Å². The van der Waals surface area contributed by atoms with Gasteiger partial charge < -0.3 is 5.32 Å². The molecule has 1 aromatic rings. The van der Waals surface area contributed by atoms with Gasteiger partial charge in [0.2, 0.25) is 5.91 Å². The SMILES string of the molecule is CCCCONC(=O)C(C)Nc1cc(N2C(=O)CC(=C(C)C)C2=O)c(F)cc1Cl. The highest BCUT2D eigenvalue weighted by Gasteiger charge is 2.37. The molecule has 1 fully saturated rings. The maximum Gasteiger partial charge on any atom is 0.265 e. The fraction of sp³-hybridized carbons (Fsp3) is 0.450. The standard InChI is InChI=1S/C20H25ClFN3O4/c1-5-6-7-29-24-19(27)12(4)23-16-10-17(15(22)9-14(16)21)25-18(26)8-13(11(2)3)20(25)28/h9-10,12,23H,5-8H2,1-4H3,(H,24,27). The third kappa shape index (κ3) is 5.33. The van der Waals surface area contributed by atoms with E-state index in [0.717, 1.165) is 23.8 Å². The quantitative estimate of drug-likeness (QED) is 0.287. The van der Waals surface area contributed by atoms with Crippen LogP contribution >= 0.6 is 11.6 Å². The maximum atomic E-state index is 14.5. The van der Waals surface area contributed by atoms with Crippen LogP contribution in [0.5, 0.6) is 0 Å². The van der Waals surface area contributed by atoms with Crippen molar-refractivity contribution in [3.63, 3.8) is 0 Å². The molecule has 0 radical (unpaired) electrons. The Morgan fingerprint density at radius 2 is 2.03 bits per heavy atom. The zero-order valence-electron chi connectivity index (χ0n) is 16.9. The molecule has 29 heavy (non-hydrogen) atoms. The first-order chi connectivity index (χ1) is 13.7. The number of hydrogen-bond donors (Lipinski definition) is 2. The molecule has 1 heterocycles. The summed E-state index contributed by atoms with van der Waals surface area (Å²) in [5, 5.41) is 2.87. The maximum absolute atomic E-state index is 14.5. The first kappa shape index (κ1) is 22.8. The number of halogens is 2. The normalized spacial score (nSPS) is 15.0. The molecule has 0 spiro atoms. The first-order valence-electron chi connectivity index (χ1n) is 9.38. The highest BCUT2D eigenvalue weighted by atomic mass is 35.5. The van der Waals surface area contributed by atoms with Gasteiger partial charge in [0.25, 0.3) is 11.8 Å². The Kier molecular flexibility index (Phi) is 7.75. The Balaban J connectivity index is 2.22. The molecule has 2 N–H and O–H groups in total. The van der Waals surface area contributed by atoms with Crippen LogP contribution in [0, 0.1) is 5.82 Å². The molecule has 2 rings (SSSR count). The van der Waals surface area contributed by atoms with Crippen molar-refractivity contribution in [2.45, 2.75) is 53.0 Å². The molecule has 1 unspecified atom stereocenters. The van der Waals surface area contributed by atoms with Gasteiger partial charge in [0, 0.05) is 5.57 Å². The van der Waals surface area contributed by atoms with Gasteiger partial charge in [-0.2, -0.15) is 0 Å². The van der Waals surface area contributed by atoms with Crippen LogP contribution in [0.25, 0.3) is 0 Å². The summed E-state index contributed by atoms with van der Waals surface area (Å²) in [5.41, 5.74) is 3.37. The molecule has 1 aliphatic heterocycles. The van der Waals surface area contributed by atoms with Gasteiger partial charge in [0.15, 0.2) is 0 Å². The number of imide groups is 1. The number of benzene rings is 1. The summed E-state index contributed by atoms with van der Waals surface area (Å²) in [5.74, 6) is -2.33. The molecule has 1 aromatic carbocycles. The summed E-state index contributed by atoms with van der Waals surface area (Å²) in [6, 6.07) is 1.50. The van der Waals surface area contributed by atoms with E-state index in [0.29, 0.717) is 17.8 Å². The third-order valence-electron chi connectivity index (χ3n) is 4.46. The fourth-order valence-electron chi connectivity index (χ4n) is 2.73. The summed E-state index contributed by atoms with van der Waals surface area (Å²) >= 11 is 6.09. The number of allylic oxidation sites excluding steroid dienone is 1. The Labute approximate surface area is 174 Å². The van der Waals surface area contributed by atoms with Crippen molar-refractivity contribution in [3.05, 3.63) is 34.1 Å². The van der Waals surface area contributed by atoms with Crippen LogP contribution in [0.15, 0.2) is 23.3 Å². The summed E-state index contributed by atoms with van der Waals surface area (Å²) < 4.78 is 14.5. The van der Waals surface area contributed by atoms with Crippen molar-refractivity contribution in [2.24, 2.45) is 0 Å². The van der Waals surface area contributed by atoms with E-state index < -0.39 is 29.6 Å². The lowest BCUT2D eigenvalue weighted by Gasteiger charge is -2.20. The molecule has 0 bridgehead atoms. The van der Waals surface area contributed by atoms with E-state index >= 15 is 0 Å². The Morgan fingerprint density at radius 1 is 1.34 bits per heavy atom. The van der Waals surface area contributed by atoms with E-state index in [1.165, 1.54) is 6.07 Å². The number of amides is 3. The van der Waals surface area contributed by atoms with Crippen molar-refractivity contribution >= 4 is 40.7 Å². The molecule has 0 aromatic heterocycles. The third-order valence-corrected chi connectivity index (χ3v) is 4.77. The van der Waals surface area contributed by atoms with E-state index in [9.17, 15) is 18.8 Å². The summed E-state index contributed by atoms with van der Waals surface area (Å²) in [6.45, 7) is 7.41. The van der Waals surface area contributed by atoms with Crippen LogP contribution in [-0.4, -0.2) is 30.4 Å². The van der Waals surface area contributed by atoms with Gasteiger partial charge in [-0.1, -0.05) is 30.5 Å². The lowest BCUT2D eigenvalue weighted by atomic mass is 10.1. The van der Waals surface area contributed by atoms with Crippen molar-refractivity contribution in [1.29, 1.82) is 0 Å². The zero-order valence-corrected chi connectivity index (χ0v) is 17.7. The number of hydrogen-bond acceptors (Lipinski definition) is 5. The second kappa shape index (κ2) is 9.84. The van der Waals surface area contributed by atoms with Crippen LogP contribution in [0.3, 0.4) is 0 Å². The van der Waals surface area contributed by atoms with Crippen molar-refractivity contribution in [3.8, 4) is 0 Å². The minimum atomic E-state index is -0.808. The number of nitrogens with zero attached hydrogens (tertiary/aromatic N) is 1. The monoisotopic (exact) mass is 425 g/mol. The average Bonchev–Trinajstić information content (AvgIpc) is 2.95. The lowest BCUT2D eigenvalue weighted by Crippen LogP contribution is -2.38. The number of nitrogens with one attached hydrogen (secondary N) is 2. The number of hydroxylamine groups is 1. The molecule has 158 valence electrons. The summed E-state index contributed by atoms with van der Waals surface area (Å²) in [7, 11) is 0. The van der Waals surface area contributed by atoms with Crippen LogP contribution in [-0.2, 0) is 19.2 Å². The number of unbranched alkanes of at least 4 members (excludes halogenated alkanes) is 1. The molecule has 1 aliphatic rings. The van der Waals surface area contributed by atoms with E-state index in [-0.39, 0.29) is 22.8 Å². The highest BCUT2D eigenvalue weighted by molar-refractivity contribution is 6.34. The molecular formula is C20H25ClFN3O4. The van der Waals surface area contributed by atoms with Gasteiger partial charge in [0.05, 0.1) is 29.4 Å². The largest absolute Gasteiger partial charge is 0.373 e. The van der Waals surface area contributed by atoms with E-state index in [1.54, 1.807) is 20.8 Å². The average molecular weight is 426 g/mol. The Hall–Kier alpha value is -2.45. The molecular weight excluding hydrogens is 401 g/mol. The Bertz CT molecular complexity index is 852. The second-order valence-electron chi connectivity index (χ2n) is 7.01. The van der Waals surface area contributed by atoms with Gasteiger partial charge in [-0.15, -0.1) is 0 Å². The molecule has 1 atom stereocenters. The summed E-state index contributed by atoms with van der Waals surface area (Å²) in [6.07, 6.45) is 1.65. The summed E-state index contributed by atoms with van der Waals surface area (Å²) in [4.78, 5) is 42.9. The lowest BCUT2D eigenvalue weighted by molar-refractivity contribution is -0.134. The van der Waals surface area contributed by atoms with Crippen LogP contribution in [0.1, 0.15) is 47.0 Å². The molecule has 3 amide bonds. The van der Waals surface area contributed by atoms with Gasteiger partial charge >= 0.3 is 0 Å². The van der Waals surface area contributed by atoms with Crippen LogP contribution in [0.2, 0.25) is 5.02 Å². The molecule has 1 saturated heterocycles. The second-order valence-corrected chi connectivity index (χ2v) is 7.41. The van der Waals surface area contributed by atoms with E-state index in [4.69, 9.17) is 16.4 Å². The van der Waals surface area contributed by atoms with E-state index in [1.807, 2.05) is 6.92 Å². The molecule has 9 heteroatoms. The molecule has 0 saturated carbocycles. The minimum absolute atomic E-state index is 0.0133. The number of carbonyl (C=O) groups excluding carboxylic acids is 3. The predicted octanol–water partition coefficient (Wildman–Crippen LogP) is 3.73. The van der Waals surface area contributed by atoms with Crippen molar-refractivity contribution in [1.82, 2.24) is 5.48 Å². The number of rotatable bonds is 8. The van der Waals surface area contributed by atoms with Crippen LogP contribution < -0.4 is 15.7 Å². The zero-order chi connectivity index (χ0) is 21.7. The van der Waals surface area contributed by atoms with Gasteiger partial charge in [-0.25, -0.2) is 14.8 Å². The Morgan fingerprint density at radius 3 is 2.62 bits per heavy atom. The molecule has 0 aliphatic carbocycles. The van der Waals surface area contributed by atoms with Crippen LogP contribution in [0.4, 0.5) is 15.8 Å². The van der Waals surface area contributed by atoms with E-state index in [2.05, 4.69) is 10.8 Å². The smallest absolute Gasteiger partial charge is 0.265 e. The van der Waals surface area contributed by atoms with Crippen molar-refractivity contribution in [2.75, 3.05) is 16.8 Å². The minimum Gasteiger partial charge on any atom is -0.373 e. The van der Waals surface area contributed by atoms with Crippen molar-refractivity contribution < 1.29 is 23.6 Å².